The normalized spacial score (nSPS) is 10.7. The predicted octanol–water partition coefficient (Wildman–Crippen LogP) is 1.48. The maximum atomic E-state index is 12.6. The molecule has 0 saturated heterocycles. The quantitative estimate of drug-likeness (QED) is 0.802. The molecule has 0 unspecified atom stereocenters. The van der Waals surface area contributed by atoms with Crippen LogP contribution in [0, 0.1) is 6.92 Å². The third-order valence-corrected chi connectivity index (χ3v) is 2.10. The van der Waals surface area contributed by atoms with Crippen molar-refractivity contribution in [3.8, 4) is 0 Å². The average Bonchev–Trinajstić information content (AvgIpc) is 2.15. The van der Waals surface area contributed by atoms with Crippen molar-refractivity contribution in [2.45, 2.75) is 19.9 Å². The zero-order valence-electron chi connectivity index (χ0n) is 8.00. The smallest absolute Gasteiger partial charge is 0.354 e. The van der Waals surface area contributed by atoms with Crippen molar-refractivity contribution in [2.24, 2.45) is 5.73 Å². The van der Waals surface area contributed by atoms with E-state index in [0.717, 1.165) is 6.20 Å². The molecule has 82 valence electrons. The largest absolute Gasteiger partial charge is 0.477 e. The van der Waals surface area contributed by atoms with Gasteiger partial charge in [-0.25, -0.2) is 18.6 Å². The highest BCUT2D eigenvalue weighted by molar-refractivity contribution is 5.87. The number of hydrogen-bond donors (Lipinski definition) is 2. The highest BCUT2D eigenvalue weighted by atomic mass is 19.3. The number of carboxylic acids is 1. The van der Waals surface area contributed by atoms with Crippen LogP contribution >= 0.6 is 0 Å². The number of rotatable bonds is 3. The van der Waals surface area contributed by atoms with Gasteiger partial charge in [0, 0.05) is 18.3 Å². The summed E-state index contributed by atoms with van der Waals surface area (Å²) < 4.78 is 25.3. The Labute approximate surface area is 84.7 Å². The van der Waals surface area contributed by atoms with Crippen LogP contribution in [0.15, 0.2) is 6.20 Å². The molecule has 1 aromatic rings. The molecule has 0 saturated carbocycles. The molecule has 0 aliphatic carbocycles. The number of pyridine rings is 1. The van der Waals surface area contributed by atoms with E-state index in [1.807, 2.05) is 0 Å². The first-order chi connectivity index (χ1) is 6.99. The zero-order chi connectivity index (χ0) is 11.6. The number of halogens is 2. The van der Waals surface area contributed by atoms with Gasteiger partial charge >= 0.3 is 5.97 Å². The molecule has 1 aromatic heterocycles. The van der Waals surface area contributed by atoms with Gasteiger partial charge in [-0.05, 0) is 18.1 Å². The first kappa shape index (κ1) is 11.5. The van der Waals surface area contributed by atoms with Crippen molar-refractivity contribution in [2.75, 3.05) is 0 Å². The minimum absolute atomic E-state index is 0.0274. The van der Waals surface area contributed by atoms with Crippen LogP contribution in [-0.4, -0.2) is 16.1 Å². The molecule has 4 nitrogen and oxygen atoms in total. The van der Waals surface area contributed by atoms with E-state index in [1.54, 1.807) is 0 Å². The minimum atomic E-state index is -2.75. The number of aromatic nitrogens is 1. The van der Waals surface area contributed by atoms with E-state index in [2.05, 4.69) is 4.98 Å². The van der Waals surface area contributed by atoms with Gasteiger partial charge in [-0.3, -0.25) is 0 Å². The number of aromatic carboxylic acids is 1. The fraction of sp³-hybridized carbons (Fsp3) is 0.333. The van der Waals surface area contributed by atoms with Crippen molar-refractivity contribution >= 4 is 5.97 Å². The van der Waals surface area contributed by atoms with Crippen molar-refractivity contribution < 1.29 is 18.7 Å². The van der Waals surface area contributed by atoms with Crippen molar-refractivity contribution in [3.63, 3.8) is 0 Å². The van der Waals surface area contributed by atoms with E-state index in [-0.39, 0.29) is 28.9 Å². The number of carboxylic acid groups (broad SMARTS) is 1. The molecular formula is C9H10F2N2O2. The molecule has 0 aliphatic rings. The maximum Gasteiger partial charge on any atom is 0.354 e. The average molecular weight is 216 g/mol. The Kier molecular flexibility index (Phi) is 3.31. The second kappa shape index (κ2) is 4.31. The zero-order valence-corrected chi connectivity index (χ0v) is 8.00. The Hall–Kier alpha value is -1.56. The number of hydrogen-bond acceptors (Lipinski definition) is 3. The fourth-order valence-corrected chi connectivity index (χ4v) is 1.36. The second-order valence-electron chi connectivity index (χ2n) is 2.98. The van der Waals surface area contributed by atoms with Crippen LogP contribution in [0.1, 0.15) is 33.6 Å². The number of alkyl halides is 2. The molecule has 0 amide bonds. The van der Waals surface area contributed by atoms with Gasteiger partial charge in [0.25, 0.3) is 6.43 Å². The summed E-state index contributed by atoms with van der Waals surface area (Å²) in [4.78, 5) is 14.2. The molecule has 6 heteroatoms. The van der Waals surface area contributed by atoms with Crippen molar-refractivity contribution in [1.82, 2.24) is 4.98 Å². The van der Waals surface area contributed by atoms with Crippen LogP contribution in [0.5, 0.6) is 0 Å². The van der Waals surface area contributed by atoms with E-state index in [9.17, 15) is 13.6 Å². The molecule has 0 radical (unpaired) electrons. The van der Waals surface area contributed by atoms with Crippen LogP contribution in [0.3, 0.4) is 0 Å². The van der Waals surface area contributed by atoms with E-state index < -0.39 is 12.4 Å². The lowest BCUT2D eigenvalue weighted by Gasteiger charge is -2.11. The lowest BCUT2D eigenvalue weighted by atomic mass is 10.0. The van der Waals surface area contributed by atoms with Gasteiger partial charge in [-0.15, -0.1) is 0 Å². The fourth-order valence-electron chi connectivity index (χ4n) is 1.36. The van der Waals surface area contributed by atoms with E-state index in [1.165, 1.54) is 6.92 Å². The van der Waals surface area contributed by atoms with Gasteiger partial charge < -0.3 is 10.8 Å². The highest BCUT2D eigenvalue weighted by Gasteiger charge is 2.21. The molecule has 1 heterocycles. The molecule has 0 aliphatic heterocycles. The minimum Gasteiger partial charge on any atom is -0.477 e. The van der Waals surface area contributed by atoms with Crippen LogP contribution in [0.2, 0.25) is 0 Å². The summed E-state index contributed by atoms with van der Waals surface area (Å²) in [5.41, 5.74) is 4.72. The van der Waals surface area contributed by atoms with Gasteiger partial charge in [0.05, 0.1) is 0 Å². The number of nitrogens with two attached hydrogens (primary N) is 1. The molecule has 0 fully saturated rings. The van der Waals surface area contributed by atoms with Crippen molar-refractivity contribution in [3.05, 3.63) is 28.6 Å². The summed E-state index contributed by atoms with van der Waals surface area (Å²) in [7, 11) is 0. The van der Waals surface area contributed by atoms with Crippen LogP contribution in [-0.2, 0) is 6.54 Å². The SMILES string of the molecule is Cc1c(C(=O)O)ncc(CN)c1C(F)F. The Bertz CT molecular complexity index is 394. The molecule has 0 aromatic carbocycles. The summed E-state index contributed by atoms with van der Waals surface area (Å²) in [6, 6.07) is 0. The van der Waals surface area contributed by atoms with Crippen LogP contribution in [0.4, 0.5) is 8.78 Å². The monoisotopic (exact) mass is 216 g/mol. The molecule has 0 bridgehead atoms. The van der Waals surface area contributed by atoms with Gasteiger partial charge in [-0.1, -0.05) is 0 Å². The van der Waals surface area contributed by atoms with E-state index >= 15 is 0 Å². The maximum absolute atomic E-state index is 12.6. The lowest BCUT2D eigenvalue weighted by molar-refractivity contribution is 0.0689. The highest BCUT2D eigenvalue weighted by Crippen LogP contribution is 2.27. The molecule has 1 rings (SSSR count). The summed E-state index contributed by atoms with van der Waals surface area (Å²) in [5.74, 6) is -1.32. The summed E-state index contributed by atoms with van der Waals surface area (Å²) >= 11 is 0. The Morgan fingerprint density at radius 3 is 2.67 bits per heavy atom. The predicted molar refractivity (Wildman–Crippen MR) is 48.8 cm³/mol. The topological polar surface area (TPSA) is 76.2 Å². The molecule has 0 atom stereocenters. The number of carbonyl (C=O) groups is 1. The molecular weight excluding hydrogens is 206 g/mol. The second-order valence-corrected chi connectivity index (χ2v) is 2.98. The van der Waals surface area contributed by atoms with Crippen LogP contribution in [0.25, 0.3) is 0 Å². The Morgan fingerprint density at radius 1 is 1.67 bits per heavy atom. The standard InChI is InChI=1S/C9H10F2N2O2/c1-4-6(8(10)11)5(2-12)3-13-7(4)9(14)15/h3,8H,2,12H2,1H3,(H,14,15). The van der Waals surface area contributed by atoms with Gasteiger partial charge in [0.2, 0.25) is 0 Å². The summed E-state index contributed by atoms with van der Waals surface area (Å²) in [6.07, 6.45) is -1.66. The van der Waals surface area contributed by atoms with E-state index in [4.69, 9.17) is 10.8 Å². The first-order valence-corrected chi connectivity index (χ1v) is 4.19. The van der Waals surface area contributed by atoms with Gasteiger partial charge in [0.1, 0.15) is 0 Å². The van der Waals surface area contributed by atoms with Crippen LogP contribution < -0.4 is 5.73 Å². The third kappa shape index (κ3) is 2.10. The third-order valence-electron chi connectivity index (χ3n) is 2.10. The first-order valence-electron chi connectivity index (χ1n) is 4.19. The molecule has 3 N–H and O–H groups in total. The Morgan fingerprint density at radius 2 is 2.27 bits per heavy atom. The van der Waals surface area contributed by atoms with Gasteiger partial charge in [-0.2, -0.15) is 0 Å². The molecule has 15 heavy (non-hydrogen) atoms. The summed E-state index contributed by atoms with van der Waals surface area (Å²) in [5, 5.41) is 8.70. The number of nitrogens with zero attached hydrogens (tertiary/aromatic N) is 1. The summed E-state index contributed by atoms with van der Waals surface area (Å²) in [6.45, 7) is 1.21. The van der Waals surface area contributed by atoms with E-state index in [0.29, 0.717) is 0 Å². The lowest BCUT2D eigenvalue weighted by Crippen LogP contribution is -2.11. The Balaban J connectivity index is 3.42. The molecule has 0 spiro atoms. The van der Waals surface area contributed by atoms with Crippen molar-refractivity contribution in [1.29, 1.82) is 0 Å². The van der Waals surface area contributed by atoms with Gasteiger partial charge in [0.15, 0.2) is 5.69 Å².